The summed E-state index contributed by atoms with van der Waals surface area (Å²) >= 11 is 0. The van der Waals surface area contributed by atoms with E-state index >= 15 is 0 Å². The van der Waals surface area contributed by atoms with E-state index in [1.165, 1.54) is 5.56 Å². The number of ether oxygens (including phenoxy) is 2. The second-order valence-corrected chi connectivity index (χ2v) is 5.44. The number of methoxy groups -OCH3 is 1. The van der Waals surface area contributed by atoms with Gasteiger partial charge in [-0.05, 0) is 31.0 Å². The predicted octanol–water partition coefficient (Wildman–Crippen LogP) is 2.59. The summed E-state index contributed by atoms with van der Waals surface area (Å²) in [5.41, 5.74) is 3.19. The molecule has 2 aromatic rings. The zero-order valence-corrected chi connectivity index (χ0v) is 14.3. The zero-order chi connectivity index (χ0) is 17.4. The van der Waals surface area contributed by atoms with Crippen LogP contribution in [0.3, 0.4) is 0 Å². The van der Waals surface area contributed by atoms with Crippen LogP contribution in [0.25, 0.3) is 0 Å². The summed E-state index contributed by atoms with van der Waals surface area (Å²) in [5.74, 6) is 1.39. The fourth-order valence-electron chi connectivity index (χ4n) is 2.17. The fraction of sp³-hybridized carbons (Fsp3) is 0.333. The molecule has 6 heteroatoms. The van der Waals surface area contributed by atoms with E-state index in [0.717, 1.165) is 16.9 Å². The van der Waals surface area contributed by atoms with Crippen molar-refractivity contribution in [2.45, 2.75) is 20.4 Å². The average Bonchev–Trinajstić information content (AvgIpc) is 2.59. The van der Waals surface area contributed by atoms with E-state index in [0.29, 0.717) is 25.6 Å². The molecule has 0 saturated heterocycles. The number of benzene rings is 1. The maximum atomic E-state index is 11.7. The number of pyridine rings is 1. The summed E-state index contributed by atoms with van der Waals surface area (Å²) in [6.45, 7) is 5.30. The molecule has 0 bridgehead atoms. The molecule has 128 valence electrons. The van der Waals surface area contributed by atoms with Gasteiger partial charge in [0.25, 0.3) is 0 Å². The third-order valence-corrected chi connectivity index (χ3v) is 3.44. The summed E-state index contributed by atoms with van der Waals surface area (Å²) in [7, 11) is 1.56. The third kappa shape index (κ3) is 5.46. The Morgan fingerprint density at radius 1 is 1.17 bits per heavy atom. The van der Waals surface area contributed by atoms with Crippen LogP contribution in [-0.4, -0.2) is 31.3 Å². The number of hydrogen-bond donors (Lipinski definition) is 2. The molecule has 1 heterocycles. The number of urea groups is 1. The van der Waals surface area contributed by atoms with Crippen LogP contribution in [0.2, 0.25) is 0 Å². The monoisotopic (exact) mass is 329 g/mol. The molecule has 0 spiro atoms. The van der Waals surface area contributed by atoms with Crippen molar-refractivity contribution in [1.82, 2.24) is 15.6 Å². The number of carbonyl (C=O) groups is 1. The number of nitrogens with one attached hydrogen (secondary N) is 2. The number of rotatable bonds is 7. The second-order valence-electron chi connectivity index (χ2n) is 5.44. The van der Waals surface area contributed by atoms with Crippen molar-refractivity contribution in [3.8, 4) is 11.6 Å². The lowest BCUT2D eigenvalue weighted by Crippen LogP contribution is -2.37. The van der Waals surface area contributed by atoms with E-state index in [-0.39, 0.29) is 6.03 Å². The van der Waals surface area contributed by atoms with Gasteiger partial charge in [0.1, 0.15) is 12.4 Å². The van der Waals surface area contributed by atoms with Gasteiger partial charge in [0.2, 0.25) is 5.88 Å². The Bertz CT molecular complexity index is 672. The zero-order valence-electron chi connectivity index (χ0n) is 14.3. The summed E-state index contributed by atoms with van der Waals surface area (Å²) in [6.07, 6.45) is 1.67. The second kappa shape index (κ2) is 8.76. The molecule has 2 rings (SSSR count). The summed E-state index contributed by atoms with van der Waals surface area (Å²) < 4.78 is 10.7. The molecule has 6 nitrogen and oxygen atoms in total. The first-order chi connectivity index (χ1) is 11.6. The molecule has 0 atom stereocenters. The Kier molecular flexibility index (Phi) is 6.42. The Morgan fingerprint density at radius 2 is 2.00 bits per heavy atom. The number of hydrogen-bond acceptors (Lipinski definition) is 4. The van der Waals surface area contributed by atoms with Crippen LogP contribution in [-0.2, 0) is 6.54 Å². The van der Waals surface area contributed by atoms with Crippen LogP contribution in [0.1, 0.15) is 16.7 Å². The predicted molar refractivity (Wildman–Crippen MR) is 92.4 cm³/mol. The minimum Gasteiger partial charge on any atom is -0.491 e. The summed E-state index contributed by atoms with van der Waals surface area (Å²) in [4.78, 5) is 15.8. The van der Waals surface area contributed by atoms with Gasteiger partial charge in [-0.2, -0.15) is 0 Å². The lowest BCUT2D eigenvalue weighted by Gasteiger charge is -2.11. The van der Waals surface area contributed by atoms with Gasteiger partial charge < -0.3 is 20.1 Å². The first kappa shape index (κ1) is 17.6. The molecule has 2 amide bonds. The molecule has 1 aromatic heterocycles. The van der Waals surface area contributed by atoms with Crippen molar-refractivity contribution in [3.63, 3.8) is 0 Å². The van der Waals surface area contributed by atoms with E-state index in [9.17, 15) is 4.79 Å². The van der Waals surface area contributed by atoms with Crippen molar-refractivity contribution in [2.24, 2.45) is 0 Å². The Hall–Kier alpha value is -2.76. The highest BCUT2D eigenvalue weighted by atomic mass is 16.5. The molecule has 1 aromatic carbocycles. The van der Waals surface area contributed by atoms with E-state index in [1.54, 1.807) is 19.4 Å². The third-order valence-electron chi connectivity index (χ3n) is 3.44. The van der Waals surface area contributed by atoms with Gasteiger partial charge in [-0.25, -0.2) is 9.78 Å². The molecule has 0 aliphatic carbocycles. The van der Waals surface area contributed by atoms with E-state index < -0.39 is 0 Å². The first-order valence-electron chi connectivity index (χ1n) is 7.79. The molecular weight excluding hydrogens is 306 g/mol. The maximum Gasteiger partial charge on any atom is 0.315 e. The van der Waals surface area contributed by atoms with Gasteiger partial charge >= 0.3 is 6.03 Å². The van der Waals surface area contributed by atoms with Crippen molar-refractivity contribution in [2.75, 3.05) is 20.3 Å². The Balaban J connectivity index is 1.65. The molecule has 0 unspecified atom stereocenters. The normalized spacial score (nSPS) is 10.1. The number of aryl methyl sites for hydroxylation is 2. The molecule has 0 aliphatic heterocycles. The van der Waals surface area contributed by atoms with Crippen LogP contribution < -0.4 is 20.1 Å². The lowest BCUT2D eigenvalue weighted by molar-refractivity contribution is 0.236. The highest BCUT2D eigenvalue weighted by molar-refractivity contribution is 5.73. The fourth-order valence-corrected chi connectivity index (χ4v) is 2.17. The van der Waals surface area contributed by atoms with E-state index in [4.69, 9.17) is 9.47 Å². The van der Waals surface area contributed by atoms with Crippen LogP contribution in [0.4, 0.5) is 4.79 Å². The minimum absolute atomic E-state index is 0.241. The number of amides is 2. The van der Waals surface area contributed by atoms with Gasteiger partial charge in [0.15, 0.2) is 0 Å². The highest BCUT2D eigenvalue weighted by Crippen LogP contribution is 2.18. The summed E-state index contributed by atoms with van der Waals surface area (Å²) in [5, 5.41) is 5.52. The molecule has 24 heavy (non-hydrogen) atoms. The number of carbonyl (C=O) groups excluding carboxylic acids is 1. The average molecular weight is 329 g/mol. The van der Waals surface area contributed by atoms with Gasteiger partial charge in [-0.15, -0.1) is 0 Å². The maximum absolute atomic E-state index is 11.7. The molecule has 2 N–H and O–H groups in total. The SMILES string of the molecule is COc1ccc(CNC(=O)NCCOc2ccc(C)cc2C)cn1. The lowest BCUT2D eigenvalue weighted by atomic mass is 10.1. The largest absolute Gasteiger partial charge is 0.491 e. The quantitative estimate of drug-likeness (QED) is 0.766. The topological polar surface area (TPSA) is 72.5 Å². The van der Waals surface area contributed by atoms with Crippen molar-refractivity contribution >= 4 is 6.03 Å². The van der Waals surface area contributed by atoms with Crippen LogP contribution in [0.15, 0.2) is 36.5 Å². The molecule has 0 radical (unpaired) electrons. The molecule has 0 saturated carbocycles. The van der Waals surface area contributed by atoms with Crippen molar-refractivity contribution in [1.29, 1.82) is 0 Å². The molecular formula is C18H23N3O3. The molecule has 0 fully saturated rings. The van der Waals surface area contributed by atoms with Gasteiger partial charge in [0, 0.05) is 18.8 Å². The summed E-state index contributed by atoms with van der Waals surface area (Å²) in [6, 6.07) is 9.39. The standard InChI is InChI=1S/C18H23N3O3/c1-13-4-6-16(14(2)10-13)24-9-8-19-18(22)21-12-15-5-7-17(23-3)20-11-15/h4-7,10-11H,8-9,12H2,1-3H3,(H2,19,21,22). The highest BCUT2D eigenvalue weighted by Gasteiger charge is 2.02. The van der Waals surface area contributed by atoms with Gasteiger partial charge in [-0.1, -0.05) is 23.8 Å². The number of nitrogens with zero attached hydrogens (tertiary/aromatic N) is 1. The molecule has 0 aliphatic rings. The Morgan fingerprint density at radius 3 is 2.67 bits per heavy atom. The van der Waals surface area contributed by atoms with Crippen molar-refractivity contribution < 1.29 is 14.3 Å². The van der Waals surface area contributed by atoms with E-state index in [2.05, 4.69) is 21.7 Å². The van der Waals surface area contributed by atoms with E-state index in [1.807, 2.05) is 32.0 Å². The van der Waals surface area contributed by atoms with Crippen LogP contribution in [0.5, 0.6) is 11.6 Å². The number of aromatic nitrogens is 1. The van der Waals surface area contributed by atoms with Gasteiger partial charge in [0.05, 0.1) is 13.7 Å². The van der Waals surface area contributed by atoms with Crippen LogP contribution in [0, 0.1) is 13.8 Å². The Labute approximate surface area is 142 Å². The van der Waals surface area contributed by atoms with Crippen molar-refractivity contribution in [3.05, 3.63) is 53.2 Å². The van der Waals surface area contributed by atoms with Gasteiger partial charge in [-0.3, -0.25) is 0 Å². The minimum atomic E-state index is -0.241. The van der Waals surface area contributed by atoms with Crippen LogP contribution >= 0.6 is 0 Å². The smallest absolute Gasteiger partial charge is 0.315 e. The first-order valence-corrected chi connectivity index (χ1v) is 7.79.